The minimum absolute atomic E-state index is 0.0645. The molecule has 1 atom stereocenters. The Balaban J connectivity index is 1.55. The van der Waals surface area contributed by atoms with Gasteiger partial charge < -0.3 is 9.64 Å². The van der Waals surface area contributed by atoms with Gasteiger partial charge in [-0.3, -0.25) is 14.7 Å². The SMILES string of the molecule is COCC1CCN(C(=O)c2ccc(-n3[nH]cc(-c4ccc(C#N)cc4C)c3=O)nc2)C1. The van der Waals surface area contributed by atoms with Crippen molar-refractivity contribution in [3.05, 3.63) is 69.8 Å². The van der Waals surface area contributed by atoms with E-state index in [2.05, 4.69) is 16.2 Å². The smallest absolute Gasteiger partial charge is 0.280 e. The van der Waals surface area contributed by atoms with Crippen LogP contribution in [0.3, 0.4) is 0 Å². The second kappa shape index (κ2) is 8.58. The molecule has 1 aliphatic rings. The number of nitrogens with one attached hydrogen (secondary N) is 1. The van der Waals surface area contributed by atoms with E-state index in [4.69, 9.17) is 10.00 Å². The van der Waals surface area contributed by atoms with Crippen molar-refractivity contribution in [1.29, 1.82) is 5.26 Å². The fraction of sp³-hybridized carbons (Fsp3) is 0.304. The number of amides is 1. The Morgan fingerprint density at radius 1 is 1.32 bits per heavy atom. The summed E-state index contributed by atoms with van der Waals surface area (Å²) in [5.74, 6) is 0.700. The molecule has 0 spiro atoms. The first-order chi connectivity index (χ1) is 15.0. The molecule has 1 fully saturated rings. The van der Waals surface area contributed by atoms with Crippen molar-refractivity contribution in [2.75, 3.05) is 26.8 Å². The Bertz CT molecular complexity index is 1200. The molecule has 1 saturated heterocycles. The van der Waals surface area contributed by atoms with Crippen LogP contribution in [0.4, 0.5) is 0 Å². The second-order valence-electron chi connectivity index (χ2n) is 7.74. The summed E-state index contributed by atoms with van der Waals surface area (Å²) >= 11 is 0. The Labute approximate surface area is 179 Å². The minimum atomic E-state index is -0.249. The normalized spacial score (nSPS) is 15.8. The van der Waals surface area contributed by atoms with Crippen molar-refractivity contribution in [2.45, 2.75) is 13.3 Å². The summed E-state index contributed by atoms with van der Waals surface area (Å²) in [5, 5.41) is 12.0. The van der Waals surface area contributed by atoms with Crippen molar-refractivity contribution in [3.63, 3.8) is 0 Å². The summed E-state index contributed by atoms with van der Waals surface area (Å²) in [7, 11) is 1.67. The van der Waals surface area contributed by atoms with E-state index in [9.17, 15) is 9.59 Å². The maximum Gasteiger partial charge on any atom is 0.280 e. The number of nitriles is 1. The van der Waals surface area contributed by atoms with Gasteiger partial charge in [0.2, 0.25) is 0 Å². The van der Waals surface area contributed by atoms with Crippen LogP contribution in [-0.4, -0.2) is 52.4 Å². The summed E-state index contributed by atoms with van der Waals surface area (Å²) in [6.07, 6.45) is 4.05. The number of carbonyl (C=O) groups is 1. The zero-order valence-corrected chi connectivity index (χ0v) is 17.5. The number of nitrogens with zero attached hydrogens (tertiary/aromatic N) is 4. The van der Waals surface area contributed by atoms with Crippen LogP contribution in [0.5, 0.6) is 0 Å². The van der Waals surface area contributed by atoms with Crippen molar-refractivity contribution in [2.24, 2.45) is 5.92 Å². The van der Waals surface area contributed by atoms with Crippen molar-refractivity contribution >= 4 is 5.91 Å². The van der Waals surface area contributed by atoms with E-state index in [0.717, 1.165) is 17.5 Å². The molecule has 158 valence electrons. The number of aryl methyl sites for hydroxylation is 1. The van der Waals surface area contributed by atoms with Crippen LogP contribution in [0, 0.1) is 24.2 Å². The van der Waals surface area contributed by atoms with E-state index in [0.29, 0.717) is 48.1 Å². The number of aromatic nitrogens is 3. The van der Waals surface area contributed by atoms with Gasteiger partial charge in [-0.25, -0.2) is 9.67 Å². The summed E-state index contributed by atoms with van der Waals surface area (Å²) in [5.41, 5.74) is 2.88. The molecule has 31 heavy (non-hydrogen) atoms. The molecule has 1 aliphatic heterocycles. The lowest BCUT2D eigenvalue weighted by molar-refractivity contribution is 0.0775. The fourth-order valence-electron chi connectivity index (χ4n) is 3.98. The number of ether oxygens (including phenoxy) is 1. The fourth-order valence-corrected chi connectivity index (χ4v) is 3.98. The van der Waals surface area contributed by atoms with E-state index in [1.165, 1.54) is 10.9 Å². The van der Waals surface area contributed by atoms with Crippen molar-refractivity contribution in [1.82, 2.24) is 19.7 Å². The first kappa shape index (κ1) is 20.6. The Hall–Kier alpha value is -3.70. The third kappa shape index (κ3) is 4.00. The average molecular weight is 417 g/mol. The van der Waals surface area contributed by atoms with Gasteiger partial charge >= 0.3 is 0 Å². The first-order valence-corrected chi connectivity index (χ1v) is 10.1. The molecule has 3 heterocycles. The van der Waals surface area contributed by atoms with E-state index < -0.39 is 0 Å². The summed E-state index contributed by atoms with van der Waals surface area (Å²) in [6, 6.07) is 10.6. The lowest BCUT2D eigenvalue weighted by Crippen LogP contribution is -2.29. The maximum absolute atomic E-state index is 12.9. The third-order valence-corrected chi connectivity index (χ3v) is 5.62. The highest BCUT2D eigenvalue weighted by Gasteiger charge is 2.27. The van der Waals surface area contributed by atoms with Crippen LogP contribution in [-0.2, 0) is 4.74 Å². The van der Waals surface area contributed by atoms with E-state index >= 15 is 0 Å². The zero-order valence-electron chi connectivity index (χ0n) is 17.5. The van der Waals surface area contributed by atoms with Gasteiger partial charge in [-0.2, -0.15) is 5.26 Å². The topological polar surface area (TPSA) is 104 Å². The van der Waals surface area contributed by atoms with E-state index in [1.807, 2.05) is 11.8 Å². The average Bonchev–Trinajstić information content (AvgIpc) is 3.40. The molecule has 3 aromatic rings. The van der Waals surface area contributed by atoms with Gasteiger partial charge in [-0.15, -0.1) is 0 Å². The van der Waals surface area contributed by atoms with E-state index in [1.54, 1.807) is 43.6 Å². The Morgan fingerprint density at radius 3 is 2.84 bits per heavy atom. The molecule has 0 aliphatic carbocycles. The molecule has 8 nitrogen and oxygen atoms in total. The summed E-state index contributed by atoms with van der Waals surface area (Å²) in [4.78, 5) is 31.8. The highest BCUT2D eigenvalue weighted by molar-refractivity contribution is 5.94. The number of likely N-dealkylation sites (tertiary alicyclic amines) is 1. The van der Waals surface area contributed by atoms with Gasteiger partial charge in [0.25, 0.3) is 11.5 Å². The second-order valence-corrected chi connectivity index (χ2v) is 7.74. The molecular weight excluding hydrogens is 394 g/mol. The highest BCUT2D eigenvalue weighted by Crippen LogP contribution is 2.22. The molecule has 1 aromatic carbocycles. The number of aromatic amines is 1. The van der Waals surface area contributed by atoms with Gasteiger partial charge in [0, 0.05) is 38.5 Å². The van der Waals surface area contributed by atoms with Crippen molar-refractivity contribution < 1.29 is 9.53 Å². The molecule has 4 rings (SSSR count). The maximum atomic E-state index is 12.9. The van der Waals surface area contributed by atoms with Gasteiger partial charge in [0.05, 0.1) is 29.4 Å². The number of methoxy groups -OCH3 is 1. The molecular formula is C23H23N5O3. The molecule has 0 saturated carbocycles. The lowest BCUT2D eigenvalue weighted by atomic mass is 10.0. The monoisotopic (exact) mass is 417 g/mol. The zero-order chi connectivity index (χ0) is 22.0. The molecule has 2 aromatic heterocycles. The van der Waals surface area contributed by atoms with Crippen LogP contribution in [0.2, 0.25) is 0 Å². The number of rotatable bonds is 5. The predicted octanol–water partition coefficient (Wildman–Crippen LogP) is 2.52. The van der Waals surface area contributed by atoms with Crippen LogP contribution >= 0.6 is 0 Å². The Kier molecular flexibility index (Phi) is 5.69. The van der Waals surface area contributed by atoms with Crippen LogP contribution in [0.1, 0.15) is 27.9 Å². The number of hydrogen-bond acceptors (Lipinski definition) is 5. The lowest BCUT2D eigenvalue weighted by Gasteiger charge is -2.16. The molecule has 1 N–H and O–H groups in total. The van der Waals surface area contributed by atoms with Crippen molar-refractivity contribution in [3.8, 4) is 23.0 Å². The molecule has 0 bridgehead atoms. The van der Waals surface area contributed by atoms with E-state index in [-0.39, 0.29) is 11.5 Å². The predicted molar refractivity (Wildman–Crippen MR) is 115 cm³/mol. The van der Waals surface area contributed by atoms with Gasteiger partial charge in [-0.1, -0.05) is 6.07 Å². The summed E-state index contributed by atoms with van der Waals surface area (Å²) < 4.78 is 6.53. The number of carbonyl (C=O) groups excluding carboxylic acids is 1. The molecule has 8 heteroatoms. The minimum Gasteiger partial charge on any atom is -0.384 e. The highest BCUT2D eigenvalue weighted by atomic mass is 16.5. The van der Waals surface area contributed by atoms with Gasteiger partial charge in [0.15, 0.2) is 5.82 Å². The summed E-state index contributed by atoms with van der Waals surface area (Å²) in [6.45, 7) is 3.90. The van der Waals surface area contributed by atoms with Crippen LogP contribution in [0.15, 0.2) is 47.5 Å². The number of hydrogen-bond donors (Lipinski definition) is 1. The molecule has 1 amide bonds. The van der Waals surface area contributed by atoms with Gasteiger partial charge in [-0.05, 0) is 48.7 Å². The number of pyridine rings is 1. The standard InChI is InChI=1S/C23H23N5O3/c1-15-9-16(10-24)3-5-19(15)20-12-26-28(23(20)30)21-6-4-18(11-25-21)22(29)27-8-7-17(13-27)14-31-2/h3-6,9,11-12,17,26H,7-8,13-14H2,1-2H3. The van der Waals surface area contributed by atoms with Crippen LogP contribution < -0.4 is 5.56 Å². The third-order valence-electron chi connectivity index (χ3n) is 5.62. The quantitative estimate of drug-likeness (QED) is 0.687. The number of benzene rings is 1. The number of H-pyrrole nitrogens is 1. The van der Waals surface area contributed by atoms with Gasteiger partial charge in [0.1, 0.15) is 0 Å². The van der Waals surface area contributed by atoms with Crippen LogP contribution in [0.25, 0.3) is 16.9 Å². The largest absolute Gasteiger partial charge is 0.384 e. The Morgan fingerprint density at radius 2 is 2.16 bits per heavy atom. The molecule has 0 radical (unpaired) electrons. The molecule has 1 unspecified atom stereocenters. The first-order valence-electron chi connectivity index (χ1n) is 10.1.